The molecule has 23 heavy (non-hydrogen) atoms. The van der Waals surface area contributed by atoms with Gasteiger partial charge in [0.05, 0.1) is 27.0 Å². The Hall–Kier alpha value is -2.55. The van der Waals surface area contributed by atoms with Crippen LogP contribution in [0.4, 0.5) is 5.69 Å². The van der Waals surface area contributed by atoms with E-state index in [1.165, 1.54) is 18.3 Å². The van der Waals surface area contributed by atoms with Crippen LogP contribution in [-0.4, -0.2) is 26.8 Å². The largest absolute Gasteiger partial charge is 0.271 e. The second-order valence-corrected chi connectivity index (χ2v) is 5.58. The monoisotopic (exact) mass is 379 g/mol. The highest BCUT2D eigenvalue weighted by Gasteiger charge is 2.11. The van der Waals surface area contributed by atoms with Crippen molar-refractivity contribution < 1.29 is 9.72 Å². The van der Waals surface area contributed by atoms with E-state index in [4.69, 9.17) is 0 Å². The molecule has 0 saturated heterocycles. The summed E-state index contributed by atoms with van der Waals surface area (Å²) in [4.78, 5) is 22.0. The number of aromatic nitrogens is 2. The molecular formula is C14H14BrN5O3. The number of aryl methyl sites for hydroxylation is 1. The average Bonchev–Trinajstić information content (AvgIpc) is 2.75. The summed E-state index contributed by atoms with van der Waals surface area (Å²) in [5.41, 5.74) is 4.50. The third-order valence-electron chi connectivity index (χ3n) is 3.07. The number of hydrogen-bond donors (Lipinski definition) is 1. The number of carbonyl (C=O) groups excluding carboxylic acids is 1. The normalized spacial score (nSPS) is 10.9. The van der Waals surface area contributed by atoms with Crippen molar-refractivity contribution in [3.05, 3.63) is 55.8 Å². The fourth-order valence-electron chi connectivity index (χ4n) is 1.90. The van der Waals surface area contributed by atoms with Gasteiger partial charge in [-0.2, -0.15) is 10.2 Å². The maximum atomic E-state index is 11.8. The van der Waals surface area contributed by atoms with Crippen LogP contribution >= 0.6 is 15.9 Å². The highest BCUT2D eigenvalue weighted by molar-refractivity contribution is 9.10. The molecule has 1 amide bonds. The minimum Gasteiger partial charge on any atom is -0.271 e. The van der Waals surface area contributed by atoms with Crippen molar-refractivity contribution in [3.63, 3.8) is 0 Å². The number of rotatable bonds is 5. The zero-order valence-electron chi connectivity index (χ0n) is 12.5. The lowest BCUT2D eigenvalue weighted by atomic mass is 10.2. The Labute approximate surface area is 140 Å². The van der Waals surface area contributed by atoms with Crippen LogP contribution in [0.5, 0.6) is 0 Å². The molecule has 0 fully saturated rings. The van der Waals surface area contributed by atoms with Crippen LogP contribution in [0.15, 0.2) is 33.8 Å². The van der Waals surface area contributed by atoms with Crippen molar-refractivity contribution in [2.24, 2.45) is 5.10 Å². The first-order chi connectivity index (χ1) is 10.9. The van der Waals surface area contributed by atoms with Crippen LogP contribution in [-0.2, 0) is 11.3 Å². The lowest BCUT2D eigenvalue weighted by Crippen LogP contribution is -2.24. The second kappa shape index (κ2) is 7.14. The summed E-state index contributed by atoms with van der Waals surface area (Å²) in [6.45, 7) is 3.72. The fourth-order valence-corrected chi connectivity index (χ4v) is 2.18. The highest BCUT2D eigenvalue weighted by Crippen LogP contribution is 2.19. The van der Waals surface area contributed by atoms with Crippen molar-refractivity contribution in [2.75, 3.05) is 0 Å². The Morgan fingerprint density at radius 1 is 1.52 bits per heavy atom. The van der Waals surface area contributed by atoms with Crippen LogP contribution in [0.1, 0.15) is 17.0 Å². The molecule has 0 aliphatic carbocycles. The molecule has 0 saturated carbocycles. The summed E-state index contributed by atoms with van der Waals surface area (Å²) < 4.78 is 2.43. The summed E-state index contributed by atoms with van der Waals surface area (Å²) in [7, 11) is 0. The van der Waals surface area contributed by atoms with Crippen molar-refractivity contribution >= 4 is 33.7 Å². The molecule has 0 radical (unpaired) electrons. The van der Waals surface area contributed by atoms with Crippen LogP contribution in [0.3, 0.4) is 0 Å². The second-order valence-electron chi connectivity index (χ2n) is 4.79. The summed E-state index contributed by atoms with van der Waals surface area (Å²) in [5.74, 6) is -0.343. The highest BCUT2D eigenvalue weighted by atomic mass is 79.9. The molecule has 120 valence electrons. The van der Waals surface area contributed by atoms with Gasteiger partial charge in [0, 0.05) is 17.7 Å². The minimum absolute atomic E-state index is 0.0323. The van der Waals surface area contributed by atoms with E-state index in [0.717, 1.165) is 15.9 Å². The summed E-state index contributed by atoms with van der Waals surface area (Å²) in [5, 5.41) is 18.7. The lowest BCUT2D eigenvalue weighted by Gasteiger charge is -2.03. The standard InChI is InChI=1S/C14H14BrN5O3/c1-9-14(15)10(2)19(18-9)8-13(21)17-16-7-11-4-3-5-12(6-11)20(22)23/h3-7H,8H2,1-2H3,(H,17,21)/b16-7+. The fraction of sp³-hybridized carbons (Fsp3) is 0.214. The molecule has 1 N–H and O–H groups in total. The molecule has 0 spiro atoms. The Bertz CT molecular complexity index is 785. The van der Waals surface area contributed by atoms with Crippen LogP contribution in [0.2, 0.25) is 0 Å². The SMILES string of the molecule is Cc1nn(CC(=O)N/N=C/c2cccc([N+](=O)[O-])c2)c(C)c1Br. The van der Waals surface area contributed by atoms with Gasteiger partial charge in [0.2, 0.25) is 0 Å². The number of nitro benzene ring substituents is 1. The number of nitrogens with one attached hydrogen (secondary N) is 1. The van der Waals surface area contributed by atoms with E-state index in [0.29, 0.717) is 5.56 Å². The Morgan fingerprint density at radius 2 is 2.26 bits per heavy atom. The molecule has 2 aromatic rings. The molecule has 0 bridgehead atoms. The number of benzene rings is 1. The zero-order chi connectivity index (χ0) is 17.0. The van der Waals surface area contributed by atoms with Crippen LogP contribution in [0.25, 0.3) is 0 Å². The van der Waals surface area contributed by atoms with Gasteiger partial charge in [-0.15, -0.1) is 0 Å². The Balaban J connectivity index is 1.97. The van der Waals surface area contributed by atoms with Crippen molar-refractivity contribution in [2.45, 2.75) is 20.4 Å². The molecule has 2 rings (SSSR count). The van der Waals surface area contributed by atoms with Gasteiger partial charge >= 0.3 is 0 Å². The lowest BCUT2D eigenvalue weighted by molar-refractivity contribution is -0.384. The number of nitrogens with zero attached hydrogens (tertiary/aromatic N) is 4. The van der Waals surface area contributed by atoms with Gasteiger partial charge in [0.1, 0.15) is 6.54 Å². The predicted molar refractivity (Wildman–Crippen MR) is 88.2 cm³/mol. The topological polar surface area (TPSA) is 102 Å². The molecule has 0 aliphatic heterocycles. The van der Waals surface area contributed by atoms with Crippen LogP contribution in [0, 0.1) is 24.0 Å². The van der Waals surface area contributed by atoms with Crippen molar-refractivity contribution in [3.8, 4) is 0 Å². The maximum Gasteiger partial charge on any atom is 0.270 e. The zero-order valence-corrected chi connectivity index (χ0v) is 14.1. The first-order valence-electron chi connectivity index (χ1n) is 6.64. The smallest absolute Gasteiger partial charge is 0.270 e. The Morgan fingerprint density at radius 3 is 2.87 bits per heavy atom. The maximum absolute atomic E-state index is 11.8. The van der Waals surface area contributed by atoms with E-state index in [1.54, 1.807) is 16.8 Å². The molecule has 0 unspecified atom stereocenters. The van der Waals surface area contributed by atoms with Crippen molar-refractivity contribution in [1.29, 1.82) is 0 Å². The van der Waals surface area contributed by atoms with Gasteiger partial charge in [0.25, 0.3) is 11.6 Å². The van der Waals surface area contributed by atoms with E-state index in [1.807, 2.05) is 13.8 Å². The van der Waals surface area contributed by atoms with E-state index in [9.17, 15) is 14.9 Å². The molecule has 0 aliphatic rings. The molecule has 1 aromatic carbocycles. The number of nitro groups is 1. The van der Waals surface area contributed by atoms with E-state index < -0.39 is 4.92 Å². The van der Waals surface area contributed by atoms with Crippen molar-refractivity contribution in [1.82, 2.24) is 15.2 Å². The van der Waals surface area contributed by atoms with Gasteiger partial charge in [-0.25, -0.2) is 5.43 Å². The number of non-ortho nitro benzene ring substituents is 1. The van der Waals surface area contributed by atoms with Gasteiger partial charge in [0.15, 0.2) is 0 Å². The quantitative estimate of drug-likeness (QED) is 0.489. The number of amides is 1. The first kappa shape index (κ1) is 16.8. The number of carbonyl (C=O) groups is 1. The number of halogens is 1. The molecular weight excluding hydrogens is 366 g/mol. The van der Waals surface area contributed by atoms with E-state index >= 15 is 0 Å². The Kier molecular flexibility index (Phi) is 5.22. The van der Waals surface area contributed by atoms with E-state index in [-0.39, 0.29) is 18.1 Å². The van der Waals surface area contributed by atoms with Gasteiger partial charge in [-0.3, -0.25) is 19.6 Å². The summed E-state index contributed by atoms with van der Waals surface area (Å²) >= 11 is 3.39. The minimum atomic E-state index is -0.489. The number of hydrazone groups is 1. The van der Waals surface area contributed by atoms with Gasteiger partial charge in [-0.05, 0) is 29.8 Å². The van der Waals surface area contributed by atoms with Gasteiger partial charge < -0.3 is 0 Å². The van der Waals surface area contributed by atoms with Crippen LogP contribution < -0.4 is 5.43 Å². The third kappa shape index (κ3) is 4.22. The summed E-state index contributed by atoms with van der Waals surface area (Å²) in [6.07, 6.45) is 1.35. The molecule has 1 aromatic heterocycles. The van der Waals surface area contributed by atoms with E-state index in [2.05, 4.69) is 31.6 Å². The molecule has 8 nitrogen and oxygen atoms in total. The third-order valence-corrected chi connectivity index (χ3v) is 4.22. The predicted octanol–water partition coefficient (Wildman–Crippen LogP) is 2.32. The average molecular weight is 380 g/mol. The first-order valence-corrected chi connectivity index (χ1v) is 7.43. The molecule has 0 atom stereocenters. The molecule has 9 heteroatoms. The molecule has 1 heterocycles. The van der Waals surface area contributed by atoms with Gasteiger partial charge in [-0.1, -0.05) is 12.1 Å². The summed E-state index contributed by atoms with van der Waals surface area (Å²) in [6, 6.07) is 5.96. The number of hydrogen-bond acceptors (Lipinski definition) is 5.